The average molecular weight is 325 g/mol. The zero-order valence-electron chi connectivity index (χ0n) is 14.4. The van der Waals surface area contributed by atoms with Gasteiger partial charge in [0.25, 0.3) is 0 Å². The number of amides is 1. The second kappa shape index (κ2) is 6.95. The van der Waals surface area contributed by atoms with Gasteiger partial charge in [-0.25, -0.2) is 9.97 Å². The molecule has 6 nitrogen and oxygen atoms in total. The van der Waals surface area contributed by atoms with Crippen molar-refractivity contribution in [1.29, 1.82) is 0 Å². The van der Waals surface area contributed by atoms with E-state index < -0.39 is 0 Å². The molecular weight excluding hydrogens is 302 g/mol. The summed E-state index contributed by atoms with van der Waals surface area (Å²) in [6, 6.07) is 5.77. The molecule has 1 N–H and O–H groups in total. The van der Waals surface area contributed by atoms with Gasteiger partial charge >= 0.3 is 0 Å². The third kappa shape index (κ3) is 3.37. The van der Waals surface area contributed by atoms with Crippen molar-refractivity contribution in [2.24, 2.45) is 5.92 Å². The smallest absolute Gasteiger partial charge is 0.225 e. The minimum atomic E-state index is -0.0269. The molecule has 1 aliphatic heterocycles. The third-order valence-electron chi connectivity index (χ3n) is 4.21. The molecule has 2 aromatic rings. The SMILES string of the molecule is Cc1cccc(Nc2nccnc2[C@H]2CCCN2C(=O)C(C)C)n1. The minimum Gasteiger partial charge on any atom is -0.334 e. The van der Waals surface area contributed by atoms with Gasteiger partial charge in [-0.1, -0.05) is 19.9 Å². The number of pyridine rings is 1. The first-order valence-electron chi connectivity index (χ1n) is 8.38. The molecule has 0 aliphatic carbocycles. The van der Waals surface area contributed by atoms with Crippen LogP contribution in [0.3, 0.4) is 0 Å². The topological polar surface area (TPSA) is 71.0 Å². The molecular formula is C18H23N5O. The molecule has 24 heavy (non-hydrogen) atoms. The predicted molar refractivity (Wildman–Crippen MR) is 92.8 cm³/mol. The highest BCUT2D eigenvalue weighted by Gasteiger charge is 2.33. The van der Waals surface area contributed by atoms with Gasteiger partial charge in [-0.05, 0) is 31.9 Å². The van der Waals surface area contributed by atoms with Gasteiger partial charge in [-0.2, -0.15) is 0 Å². The normalized spacial score (nSPS) is 17.3. The lowest BCUT2D eigenvalue weighted by atomic mass is 10.1. The highest BCUT2D eigenvalue weighted by molar-refractivity contribution is 5.79. The Morgan fingerprint density at radius 2 is 2.08 bits per heavy atom. The number of aromatic nitrogens is 3. The number of nitrogens with one attached hydrogen (secondary N) is 1. The highest BCUT2D eigenvalue weighted by Crippen LogP contribution is 2.35. The largest absolute Gasteiger partial charge is 0.334 e. The van der Waals surface area contributed by atoms with E-state index in [1.165, 1.54) is 0 Å². The molecule has 6 heteroatoms. The van der Waals surface area contributed by atoms with Crippen molar-refractivity contribution in [3.05, 3.63) is 42.0 Å². The molecule has 1 fully saturated rings. The molecule has 0 spiro atoms. The fourth-order valence-electron chi connectivity index (χ4n) is 3.07. The van der Waals surface area contributed by atoms with Gasteiger partial charge in [0, 0.05) is 30.6 Å². The molecule has 0 bridgehead atoms. The molecule has 2 aromatic heterocycles. The number of rotatable bonds is 4. The Balaban J connectivity index is 1.90. The number of hydrogen-bond acceptors (Lipinski definition) is 5. The van der Waals surface area contributed by atoms with Crippen molar-refractivity contribution in [1.82, 2.24) is 19.9 Å². The lowest BCUT2D eigenvalue weighted by Crippen LogP contribution is -2.34. The van der Waals surface area contributed by atoms with Crippen LogP contribution in [0.5, 0.6) is 0 Å². The van der Waals surface area contributed by atoms with E-state index in [4.69, 9.17) is 0 Å². The maximum atomic E-state index is 12.5. The van der Waals surface area contributed by atoms with Crippen LogP contribution in [0, 0.1) is 12.8 Å². The summed E-state index contributed by atoms with van der Waals surface area (Å²) in [5, 5.41) is 3.26. The van der Waals surface area contributed by atoms with Gasteiger partial charge < -0.3 is 10.2 Å². The number of carbonyl (C=O) groups excluding carboxylic acids is 1. The Bertz CT molecular complexity index is 731. The van der Waals surface area contributed by atoms with Gasteiger partial charge in [0.1, 0.15) is 11.5 Å². The third-order valence-corrected chi connectivity index (χ3v) is 4.21. The van der Waals surface area contributed by atoms with Crippen molar-refractivity contribution in [3.63, 3.8) is 0 Å². The average Bonchev–Trinajstić information content (AvgIpc) is 3.04. The van der Waals surface area contributed by atoms with Crippen molar-refractivity contribution in [2.75, 3.05) is 11.9 Å². The molecule has 1 amide bonds. The van der Waals surface area contributed by atoms with E-state index in [0.717, 1.165) is 36.6 Å². The van der Waals surface area contributed by atoms with Crippen LogP contribution in [0.2, 0.25) is 0 Å². The molecule has 1 aliphatic rings. The van der Waals surface area contributed by atoms with Gasteiger partial charge in [0.05, 0.1) is 6.04 Å². The number of likely N-dealkylation sites (tertiary alicyclic amines) is 1. The van der Waals surface area contributed by atoms with E-state index in [-0.39, 0.29) is 17.9 Å². The van der Waals surface area contributed by atoms with Crippen LogP contribution in [-0.4, -0.2) is 32.3 Å². The predicted octanol–water partition coefficient (Wildman–Crippen LogP) is 3.24. The quantitative estimate of drug-likeness (QED) is 0.934. The molecule has 126 valence electrons. The zero-order valence-corrected chi connectivity index (χ0v) is 14.4. The minimum absolute atomic E-state index is 0.0166. The van der Waals surface area contributed by atoms with Crippen molar-refractivity contribution >= 4 is 17.5 Å². The van der Waals surface area contributed by atoms with Crippen molar-refractivity contribution < 1.29 is 4.79 Å². The van der Waals surface area contributed by atoms with Crippen molar-refractivity contribution in [2.45, 2.75) is 39.7 Å². The molecule has 0 radical (unpaired) electrons. The van der Waals surface area contributed by atoms with E-state index in [1.54, 1.807) is 12.4 Å². The van der Waals surface area contributed by atoms with Crippen molar-refractivity contribution in [3.8, 4) is 0 Å². The molecule has 3 heterocycles. The second-order valence-corrected chi connectivity index (χ2v) is 6.42. The van der Waals surface area contributed by atoms with E-state index in [2.05, 4.69) is 20.3 Å². The van der Waals surface area contributed by atoms with Crippen LogP contribution in [0.25, 0.3) is 0 Å². The molecule has 0 unspecified atom stereocenters. The molecule has 0 aromatic carbocycles. The summed E-state index contributed by atoms with van der Waals surface area (Å²) in [5.74, 6) is 1.56. The first kappa shape index (κ1) is 16.4. The Morgan fingerprint density at radius 1 is 1.29 bits per heavy atom. The van der Waals surface area contributed by atoms with Gasteiger partial charge in [-0.3, -0.25) is 9.78 Å². The van der Waals surface area contributed by atoms with Gasteiger partial charge in [-0.15, -0.1) is 0 Å². The van der Waals surface area contributed by atoms with Crippen LogP contribution in [0.4, 0.5) is 11.6 Å². The van der Waals surface area contributed by atoms with E-state index in [0.29, 0.717) is 5.82 Å². The Labute approximate surface area is 142 Å². The van der Waals surface area contributed by atoms with E-state index in [1.807, 2.05) is 43.9 Å². The Kier molecular flexibility index (Phi) is 4.74. The number of aryl methyl sites for hydroxylation is 1. The second-order valence-electron chi connectivity index (χ2n) is 6.42. The number of anilines is 2. The summed E-state index contributed by atoms with van der Waals surface area (Å²) in [6.45, 7) is 6.59. The summed E-state index contributed by atoms with van der Waals surface area (Å²) >= 11 is 0. The first-order valence-corrected chi connectivity index (χ1v) is 8.38. The van der Waals surface area contributed by atoms with Gasteiger partial charge in [0.15, 0.2) is 5.82 Å². The summed E-state index contributed by atoms with van der Waals surface area (Å²) in [6.07, 6.45) is 5.24. The summed E-state index contributed by atoms with van der Waals surface area (Å²) < 4.78 is 0. The van der Waals surface area contributed by atoms with Crippen LogP contribution >= 0.6 is 0 Å². The first-order chi connectivity index (χ1) is 11.6. The molecule has 0 saturated carbocycles. The zero-order chi connectivity index (χ0) is 17.1. The van der Waals surface area contributed by atoms with Crippen LogP contribution in [0.15, 0.2) is 30.6 Å². The number of hydrogen-bond donors (Lipinski definition) is 1. The Morgan fingerprint density at radius 3 is 2.83 bits per heavy atom. The highest BCUT2D eigenvalue weighted by atomic mass is 16.2. The monoisotopic (exact) mass is 325 g/mol. The number of carbonyl (C=O) groups is 1. The fourth-order valence-corrected chi connectivity index (χ4v) is 3.07. The van der Waals surface area contributed by atoms with Crippen LogP contribution < -0.4 is 5.32 Å². The number of nitrogens with zero attached hydrogens (tertiary/aromatic N) is 4. The van der Waals surface area contributed by atoms with E-state index >= 15 is 0 Å². The van der Waals surface area contributed by atoms with Gasteiger partial charge in [0.2, 0.25) is 5.91 Å². The Hall–Kier alpha value is -2.50. The van der Waals surface area contributed by atoms with Crippen LogP contribution in [-0.2, 0) is 4.79 Å². The molecule has 1 atom stereocenters. The summed E-state index contributed by atoms with van der Waals surface area (Å²) in [7, 11) is 0. The fraction of sp³-hybridized carbons (Fsp3) is 0.444. The maximum absolute atomic E-state index is 12.5. The molecule has 3 rings (SSSR count). The molecule has 1 saturated heterocycles. The lowest BCUT2D eigenvalue weighted by molar-refractivity contribution is -0.135. The maximum Gasteiger partial charge on any atom is 0.225 e. The van der Waals surface area contributed by atoms with E-state index in [9.17, 15) is 4.79 Å². The standard InChI is InChI=1S/C18H23N5O/c1-12(2)18(24)23-11-5-7-14(23)16-17(20-10-9-19-16)22-15-8-4-6-13(3)21-15/h4,6,8-10,12,14H,5,7,11H2,1-3H3,(H,20,21,22)/t14-/m1/s1. The summed E-state index contributed by atoms with van der Waals surface area (Å²) in [4.78, 5) is 27.8. The lowest BCUT2D eigenvalue weighted by Gasteiger charge is -2.27. The summed E-state index contributed by atoms with van der Waals surface area (Å²) in [5.41, 5.74) is 1.75. The van der Waals surface area contributed by atoms with Crippen LogP contribution in [0.1, 0.15) is 44.1 Å².